The van der Waals surface area contributed by atoms with Gasteiger partial charge in [0.2, 0.25) is 0 Å². The molecular formula is C13H12ClN3O2. The monoisotopic (exact) mass is 277 g/mol. The number of nitrogens with one attached hydrogen (secondary N) is 2. The number of carbonyl (C=O) groups is 1. The summed E-state index contributed by atoms with van der Waals surface area (Å²) < 4.78 is 0. The van der Waals surface area contributed by atoms with Gasteiger partial charge in [0, 0.05) is 16.9 Å². The lowest BCUT2D eigenvalue weighted by Crippen LogP contribution is -2.24. The predicted molar refractivity (Wildman–Crippen MR) is 73.7 cm³/mol. The second kappa shape index (κ2) is 5.24. The molecule has 2 aromatic rings. The Morgan fingerprint density at radius 3 is 2.79 bits per heavy atom. The van der Waals surface area contributed by atoms with E-state index in [9.17, 15) is 9.59 Å². The molecule has 0 saturated heterocycles. The minimum absolute atomic E-state index is 0.0371. The van der Waals surface area contributed by atoms with Crippen molar-refractivity contribution in [3.63, 3.8) is 0 Å². The van der Waals surface area contributed by atoms with Gasteiger partial charge in [-0.15, -0.1) is 0 Å². The highest BCUT2D eigenvalue weighted by atomic mass is 35.5. The van der Waals surface area contributed by atoms with Crippen LogP contribution in [0.25, 0.3) is 0 Å². The molecule has 2 rings (SSSR count). The largest absolute Gasteiger partial charge is 0.321 e. The van der Waals surface area contributed by atoms with E-state index in [2.05, 4.69) is 15.3 Å². The lowest BCUT2D eigenvalue weighted by molar-refractivity contribution is 0.102. The highest BCUT2D eigenvalue weighted by Gasteiger charge is 2.12. The number of hydrogen-bond acceptors (Lipinski definition) is 3. The SMILES string of the molecule is Cc1ncc(C(=O)Nc2cc(Cl)ccc2C)c(=O)[nH]1. The van der Waals surface area contributed by atoms with Gasteiger partial charge in [0.05, 0.1) is 0 Å². The lowest BCUT2D eigenvalue weighted by Gasteiger charge is -2.08. The fourth-order valence-electron chi connectivity index (χ4n) is 1.56. The fraction of sp³-hybridized carbons (Fsp3) is 0.154. The highest BCUT2D eigenvalue weighted by molar-refractivity contribution is 6.31. The van der Waals surface area contributed by atoms with E-state index in [1.54, 1.807) is 25.1 Å². The van der Waals surface area contributed by atoms with Crippen LogP contribution >= 0.6 is 11.6 Å². The van der Waals surface area contributed by atoms with Gasteiger partial charge in [-0.1, -0.05) is 17.7 Å². The number of rotatable bonds is 2. The van der Waals surface area contributed by atoms with Crippen LogP contribution in [0.15, 0.2) is 29.2 Å². The molecule has 1 amide bonds. The first kappa shape index (κ1) is 13.3. The normalized spacial score (nSPS) is 10.3. The number of amides is 1. The average molecular weight is 278 g/mol. The first-order valence-electron chi connectivity index (χ1n) is 5.61. The molecule has 5 nitrogen and oxygen atoms in total. The lowest BCUT2D eigenvalue weighted by atomic mass is 10.2. The van der Waals surface area contributed by atoms with Crippen LogP contribution in [0.4, 0.5) is 5.69 Å². The van der Waals surface area contributed by atoms with Gasteiger partial charge in [-0.05, 0) is 31.5 Å². The zero-order valence-electron chi connectivity index (χ0n) is 10.5. The highest BCUT2D eigenvalue weighted by Crippen LogP contribution is 2.20. The van der Waals surface area contributed by atoms with Gasteiger partial charge < -0.3 is 10.3 Å². The van der Waals surface area contributed by atoms with E-state index in [0.717, 1.165) is 5.56 Å². The first-order valence-corrected chi connectivity index (χ1v) is 5.98. The maximum absolute atomic E-state index is 12.0. The molecule has 1 aromatic carbocycles. The Kier molecular flexibility index (Phi) is 3.66. The molecule has 0 atom stereocenters. The van der Waals surface area contributed by atoms with Crippen molar-refractivity contribution < 1.29 is 4.79 Å². The van der Waals surface area contributed by atoms with Crippen molar-refractivity contribution in [1.82, 2.24) is 9.97 Å². The number of aromatic nitrogens is 2. The van der Waals surface area contributed by atoms with Crippen molar-refractivity contribution in [3.8, 4) is 0 Å². The van der Waals surface area contributed by atoms with Crippen LogP contribution in [-0.4, -0.2) is 15.9 Å². The van der Waals surface area contributed by atoms with E-state index in [4.69, 9.17) is 11.6 Å². The summed E-state index contributed by atoms with van der Waals surface area (Å²) in [6.45, 7) is 3.48. The van der Waals surface area contributed by atoms with Crippen LogP contribution in [-0.2, 0) is 0 Å². The molecule has 0 bridgehead atoms. The molecule has 6 heteroatoms. The number of nitrogens with zero attached hydrogens (tertiary/aromatic N) is 1. The van der Waals surface area contributed by atoms with Crippen LogP contribution in [0.5, 0.6) is 0 Å². The van der Waals surface area contributed by atoms with Crippen LogP contribution in [0, 0.1) is 13.8 Å². The third-order valence-corrected chi connectivity index (χ3v) is 2.85. The number of aromatic amines is 1. The fourth-order valence-corrected chi connectivity index (χ4v) is 1.74. The summed E-state index contributed by atoms with van der Waals surface area (Å²) in [6, 6.07) is 5.15. The summed E-state index contributed by atoms with van der Waals surface area (Å²) >= 11 is 5.87. The summed E-state index contributed by atoms with van der Waals surface area (Å²) in [5.41, 5.74) is 0.918. The third-order valence-electron chi connectivity index (χ3n) is 2.62. The quantitative estimate of drug-likeness (QED) is 0.884. The smallest absolute Gasteiger partial charge is 0.263 e. The number of aryl methyl sites for hydroxylation is 2. The number of hydrogen-bond donors (Lipinski definition) is 2. The zero-order valence-corrected chi connectivity index (χ0v) is 11.2. The average Bonchev–Trinajstić information content (AvgIpc) is 2.33. The molecule has 0 unspecified atom stereocenters. The molecule has 0 saturated carbocycles. The maximum Gasteiger partial charge on any atom is 0.263 e. The second-order valence-electron chi connectivity index (χ2n) is 4.12. The Bertz CT molecular complexity index is 695. The number of benzene rings is 1. The van der Waals surface area contributed by atoms with Crippen molar-refractivity contribution in [2.24, 2.45) is 0 Å². The van der Waals surface area contributed by atoms with Crippen LogP contribution < -0.4 is 10.9 Å². The third kappa shape index (κ3) is 3.00. The summed E-state index contributed by atoms with van der Waals surface area (Å²) in [6.07, 6.45) is 1.25. The van der Waals surface area contributed by atoms with E-state index in [1.165, 1.54) is 6.20 Å². The number of H-pyrrole nitrogens is 1. The van der Waals surface area contributed by atoms with Crippen LogP contribution in [0.3, 0.4) is 0 Å². The topological polar surface area (TPSA) is 74.8 Å². The Hall–Kier alpha value is -2.14. The van der Waals surface area contributed by atoms with Gasteiger partial charge >= 0.3 is 0 Å². The van der Waals surface area contributed by atoms with Crippen molar-refractivity contribution in [1.29, 1.82) is 0 Å². The van der Waals surface area contributed by atoms with Gasteiger partial charge in [-0.3, -0.25) is 9.59 Å². The van der Waals surface area contributed by atoms with Gasteiger partial charge in [0.25, 0.3) is 11.5 Å². The molecule has 0 aliphatic carbocycles. The molecular weight excluding hydrogens is 266 g/mol. The van der Waals surface area contributed by atoms with Gasteiger partial charge in [-0.25, -0.2) is 4.98 Å². The molecule has 98 valence electrons. The predicted octanol–water partition coefficient (Wildman–Crippen LogP) is 2.29. The molecule has 1 heterocycles. The summed E-state index contributed by atoms with van der Waals surface area (Å²) in [4.78, 5) is 30.0. The standard InChI is InChI=1S/C13H12ClN3O2/c1-7-3-4-9(14)5-11(7)17-13(19)10-6-15-8(2)16-12(10)18/h3-6H,1-2H3,(H,17,19)(H,15,16,18). The molecule has 1 aromatic heterocycles. The van der Waals surface area contributed by atoms with Crippen molar-refractivity contribution in [2.45, 2.75) is 13.8 Å². The molecule has 0 aliphatic heterocycles. The Morgan fingerprint density at radius 2 is 2.11 bits per heavy atom. The molecule has 0 fully saturated rings. The second-order valence-corrected chi connectivity index (χ2v) is 4.56. The molecule has 0 radical (unpaired) electrons. The van der Waals surface area contributed by atoms with Crippen molar-refractivity contribution in [3.05, 3.63) is 56.7 Å². The maximum atomic E-state index is 12.0. The number of halogens is 1. The van der Waals surface area contributed by atoms with E-state index in [-0.39, 0.29) is 5.56 Å². The zero-order chi connectivity index (χ0) is 14.0. The summed E-state index contributed by atoms with van der Waals surface area (Å²) in [5, 5.41) is 3.16. The Labute approximate surface area is 114 Å². The van der Waals surface area contributed by atoms with E-state index in [1.807, 2.05) is 6.92 Å². The van der Waals surface area contributed by atoms with Crippen LogP contribution in [0.2, 0.25) is 5.02 Å². The van der Waals surface area contributed by atoms with Crippen molar-refractivity contribution >= 4 is 23.2 Å². The summed E-state index contributed by atoms with van der Waals surface area (Å²) in [7, 11) is 0. The molecule has 0 spiro atoms. The van der Waals surface area contributed by atoms with Crippen molar-refractivity contribution in [2.75, 3.05) is 5.32 Å². The van der Waals surface area contributed by atoms with E-state index in [0.29, 0.717) is 16.5 Å². The van der Waals surface area contributed by atoms with Crippen LogP contribution in [0.1, 0.15) is 21.7 Å². The molecule has 2 N–H and O–H groups in total. The Morgan fingerprint density at radius 1 is 1.37 bits per heavy atom. The Balaban J connectivity index is 2.31. The van der Waals surface area contributed by atoms with Gasteiger partial charge in [0.1, 0.15) is 11.4 Å². The first-order chi connectivity index (χ1) is 8.97. The number of carbonyl (C=O) groups excluding carboxylic acids is 1. The summed E-state index contributed by atoms with van der Waals surface area (Å²) in [5.74, 6) is -0.0559. The minimum atomic E-state index is -0.515. The molecule has 19 heavy (non-hydrogen) atoms. The van der Waals surface area contributed by atoms with E-state index >= 15 is 0 Å². The van der Waals surface area contributed by atoms with Gasteiger partial charge in [0.15, 0.2) is 0 Å². The molecule has 0 aliphatic rings. The van der Waals surface area contributed by atoms with Gasteiger partial charge in [-0.2, -0.15) is 0 Å². The minimum Gasteiger partial charge on any atom is -0.321 e. The number of anilines is 1. The van der Waals surface area contributed by atoms with E-state index < -0.39 is 11.5 Å².